The molecule has 4 amide bonds. The zero-order chi connectivity index (χ0) is 34.0. The van der Waals surface area contributed by atoms with Crippen LogP contribution in [0.1, 0.15) is 79.6 Å². The summed E-state index contributed by atoms with van der Waals surface area (Å²) in [4.78, 5) is 74.9. The molecule has 1 heterocycles. The molecule has 0 aliphatic carbocycles. The number of carbonyl (C=O) groups is 6. The average Bonchev–Trinajstić information content (AvgIpc) is 3.43. The second-order valence-corrected chi connectivity index (χ2v) is 12.7. The second-order valence-electron chi connectivity index (χ2n) is 11.7. The average molecular weight is 647 g/mol. The SMILES string of the molecule is CC(=O)O.CSCC[C@H](NC(=O)[C@@H]1CCCN1C(=O)[C@@H](N)C(C)C)C(=O)N[C@@H](CC(C)C)C(=O)N[C@@H](CCCCN)C(=O)O. The molecule has 0 saturated carbocycles. The van der Waals surface area contributed by atoms with Gasteiger partial charge in [-0.2, -0.15) is 11.8 Å². The van der Waals surface area contributed by atoms with Gasteiger partial charge < -0.3 is 42.5 Å². The number of amides is 4. The van der Waals surface area contributed by atoms with Crippen molar-refractivity contribution in [3.8, 4) is 0 Å². The molecule has 1 aliphatic heterocycles. The van der Waals surface area contributed by atoms with E-state index in [1.807, 2.05) is 34.0 Å². The minimum atomic E-state index is -1.15. The van der Waals surface area contributed by atoms with Crippen LogP contribution in [-0.2, 0) is 28.8 Å². The van der Waals surface area contributed by atoms with Crippen molar-refractivity contribution >= 4 is 47.3 Å². The Morgan fingerprint density at radius 3 is 1.98 bits per heavy atom. The molecule has 0 aromatic carbocycles. The number of thioether (sulfide) groups is 1. The molecule has 44 heavy (non-hydrogen) atoms. The molecule has 9 N–H and O–H groups in total. The minimum absolute atomic E-state index is 0.0269. The van der Waals surface area contributed by atoms with Gasteiger partial charge in [0, 0.05) is 13.5 Å². The number of hydrogen-bond acceptors (Lipinski definition) is 9. The van der Waals surface area contributed by atoms with Crippen molar-refractivity contribution in [2.24, 2.45) is 23.3 Å². The van der Waals surface area contributed by atoms with Crippen LogP contribution in [0, 0.1) is 11.8 Å². The normalized spacial score (nSPS) is 17.1. The molecule has 1 fully saturated rings. The van der Waals surface area contributed by atoms with Crippen LogP contribution >= 0.6 is 11.8 Å². The monoisotopic (exact) mass is 646 g/mol. The standard InChI is InChI=1S/C27H50N6O6S.C2H4O2/c1-16(2)15-20(24(35)31-19(27(38)39)9-6-7-12-28)32-23(34)18(11-14-40-5)30-25(36)21-10-8-13-33(21)26(37)22(29)17(3)4;1-2(3)4/h16-22H,6-15,28-29H2,1-5H3,(H,30,36)(H,31,35)(H,32,34)(H,38,39);1H3,(H,3,4)/t18-,19-,20-,21-,22-;/m0./s1. The second kappa shape index (κ2) is 21.7. The summed E-state index contributed by atoms with van der Waals surface area (Å²) in [5, 5.41) is 25.1. The summed E-state index contributed by atoms with van der Waals surface area (Å²) in [5.74, 6) is -3.31. The molecule has 14 nitrogen and oxygen atoms in total. The lowest BCUT2D eigenvalue weighted by Gasteiger charge is -2.30. The lowest BCUT2D eigenvalue weighted by atomic mass is 10.0. The van der Waals surface area contributed by atoms with E-state index in [0.29, 0.717) is 50.9 Å². The van der Waals surface area contributed by atoms with Gasteiger partial charge >= 0.3 is 5.97 Å². The Hall–Kier alpha value is -2.91. The van der Waals surface area contributed by atoms with E-state index >= 15 is 0 Å². The third kappa shape index (κ3) is 15.7. The van der Waals surface area contributed by atoms with E-state index < -0.39 is 59.9 Å². The lowest BCUT2D eigenvalue weighted by Crippen LogP contribution is -2.58. The van der Waals surface area contributed by atoms with Crippen LogP contribution in [-0.4, -0.2) is 106 Å². The number of nitrogens with zero attached hydrogens (tertiary/aromatic N) is 1. The number of nitrogens with two attached hydrogens (primary N) is 2. The summed E-state index contributed by atoms with van der Waals surface area (Å²) in [7, 11) is 0. The minimum Gasteiger partial charge on any atom is -0.481 e. The van der Waals surface area contributed by atoms with Gasteiger partial charge in [-0.1, -0.05) is 27.7 Å². The molecule has 15 heteroatoms. The van der Waals surface area contributed by atoms with Crippen molar-refractivity contribution in [1.29, 1.82) is 0 Å². The van der Waals surface area contributed by atoms with E-state index in [2.05, 4.69) is 16.0 Å². The Morgan fingerprint density at radius 2 is 1.48 bits per heavy atom. The van der Waals surface area contributed by atoms with E-state index in [9.17, 15) is 29.1 Å². The van der Waals surface area contributed by atoms with E-state index in [4.69, 9.17) is 21.4 Å². The number of likely N-dealkylation sites (tertiary alicyclic amines) is 1. The fourth-order valence-electron chi connectivity index (χ4n) is 4.55. The fourth-order valence-corrected chi connectivity index (χ4v) is 5.02. The van der Waals surface area contributed by atoms with Gasteiger partial charge in [0.25, 0.3) is 5.97 Å². The quantitative estimate of drug-likeness (QED) is 0.101. The third-order valence-corrected chi connectivity index (χ3v) is 7.63. The predicted molar refractivity (Wildman–Crippen MR) is 170 cm³/mol. The largest absolute Gasteiger partial charge is 0.481 e. The van der Waals surface area contributed by atoms with Gasteiger partial charge in [-0.25, -0.2) is 4.79 Å². The number of carboxylic acids is 2. The highest BCUT2D eigenvalue weighted by Crippen LogP contribution is 2.20. The Kier molecular flexibility index (Phi) is 20.3. The topological polar surface area (TPSA) is 234 Å². The van der Waals surface area contributed by atoms with Crippen molar-refractivity contribution in [3.63, 3.8) is 0 Å². The molecule has 0 unspecified atom stereocenters. The van der Waals surface area contributed by atoms with Gasteiger partial charge in [0.05, 0.1) is 6.04 Å². The first kappa shape index (κ1) is 41.1. The molecule has 1 saturated heterocycles. The number of unbranched alkanes of at least 4 members (excludes halogenated alkanes) is 1. The summed E-state index contributed by atoms with van der Waals surface area (Å²) in [6.45, 7) is 9.41. The number of rotatable bonds is 18. The lowest BCUT2D eigenvalue weighted by molar-refractivity contribution is -0.142. The highest BCUT2D eigenvalue weighted by molar-refractivity contribution is 7.98. The van der Waals surface area contributed by atoms with Crippen LogP contribution in [0.15, 0.2) is 0 Å². The van der Waals surface area contributed by atoms with Crippen molar-refractivity contribution < 1.29 is 39.0 Å². The van der Waals surface area contributed by atoms with Crippen LogP contribution in [0.25, 0.3) is 0 Å². The number of carboxylic acid groups (broad SMARTS) is 2. The number of hydrogen-bond donors (Lipinski definition) is 7. The highest BCUT2D eigenvalue weighted by Gasteiger charge is 2.38. The molecular weight excluding hydrogens is 592 g/mol. The van der Waals surface area contributed by atoms with Gasteiger partial charge in [0.15, 0.2) is 0 Å². The van der Waals surface area contributed by atoms with E-state index in [-0.39, 0.29) is 30.6 Å². The first-order chi connectivity index (χ1) is 20.6. The Bertz CT molecular complexity index is 947. The first-order valence-corrected chi connectivity index (χ1v) is 16.5. The Labute approximate surface area is 265 Å². The van der Waals surface area contributed by atoms with Gasteiger partial charge in [-0.3, -0.25) is 24.0 Å². The first-order valence-electron chi connectivity index (χ1n) is 15.2. The maximum absolute atomic E-state index is 13.4. The van der Waals surface area contributed by atoms with Gasteiger partial charge in [-0.15, -0.1) is 0 Å². The molecule has 0 bridgehead atoms. The molecule has 0 aromatic heterocycles. The van der Waals surface area contributed by atoms with Gasteiger partial charge in [0.2, 0.25) is 23.6 Å². The number of nitrogens with one attached hydrogen (secondary N) is 3. The van der Waals surface area contributed by atoms with Crippen molar-refractivity contribution in [2.75, 3.05) is 25.1 Å². The van der Waals surface area contributed by atoms with Crippen LogP contribution in [0.3, 0.4) is 0 Å². The molecule has 5 atom stereocenters. The fraction of sp³-hybridized carbons (Fsp3) is 0.793. The molecule has 0 radical (unpaired) electrons. The number of carbonyl (C=O) groups excluding carboxylic acids is 4. The maximum atomic E-state index is 13.4. The van der Waals surface area contributed by atoms with E-state index in [1.165, 1.54) is 16.7 Å². The van der Waals surface area contributed by atoms with Gasteiger partial charge in [0.1, 0.15) is 24.2 Å². The molecular formula is C29H54N6O8S. The Balaban J connectivity index is 0.00000433. The van der Waals surface area contributed by atoms with Crippen molar-refractivity contribution in [3.05, 3.63) is 0 Å². The van der Waals surface area contributed by atoms with E-state index in [1.54, 1.807) is 0 Å². The van der Waals surface area contributed by atoms with E-state index in [0.717, 1.165) is 6.92 Å². The van der Waals surface area contributed by atoms with Crippen molar-refractivity contribution in [2.45, 2.75) is 110 Å². The maximum Gasteiger partial charge on any atom is 0.326 e. The van der Waals surface area contributed by atoms with Crippen molar-refractivity contribution in [1.82, 2.24) is 20.9 Å². The molecule has 1 aliphatic rings. The van der Waals surface area contributed by atoms with Crippen LogP contribution in [0.5, 0.6) is 0 Å². The Morgan fingerprint density at radius 1 is 0.909 bits per heavy atom. The van der Waals surface area contributed by atoms with Crippen LogP contribution < -0.4 is 27.4 Å². The molecule has 0 spiro atoms. The van der Waals surface area contributed by atoms with Gasteiger partial charge in [-0.05, 0) is 75.3 Å². The molecule has 0 aromatic rings. The number of aliphatic carboxylic acids is 2. The molecule has 1 rings (SSSR count). The van der Waals surface area contributed by atoms with Crippen LogP contribution in [0.4, 0.5) is 0 Å². The smallest absolute Gasteiger partial charge is 0.326 e. The molecule has 254 valence electrons. The summed E-state index contributed by atoms with van der Waals surface area (Å²) >= 11 is 1.51. The highest BCUT2D eigenvalue weighted by atomic mass is 32.2. The zero-order valence-corrected chi connectivity index (χ0v) is 27.8. The summed E-state index contributed by atoms with van der Waals surface area (Å²) in [5.41, 5.74) is 11.6. The zero-order valence-electron chi connectivity index (χ0n) is 27.0. The summed E-state index contributed by atoms with van der Waals surface area (Å²) in [6, 6.07) is -4.45. The third-order valence-electron chi connectivity index (χ3n) is 6.99. The summed E-state index contributed by atoms with van der Waals surface area (Å²) in [6.07, 6.45) is 5.01. The predicted octanol–water partition coefficient (Wildman–Crippen LogP) is 0.519. The van der Waals surface area contributed by atoms with Crippen LogP contribution in [0.2, 0.25) is 0 Å². The summed E-state index contributed by atoms with van der Waals surface area (Å²) < 4.78 is 0.